The van der Waals surface area contributed by atoms with Gasteiger partial charge in [0.1, 0.15) is 0 Å². The summed E-state index contributed by atoms with van der Waals surface area (Å²) in [5.41, 5.74) is 5.27. The molecule has 1 fully saturated rings. The molecule has 1 amide bonds. The number of amides is 1. The number of nitrogens with one attached hydrogen (secondary N) is 1. The Morgan fingerprint density at radius 2 is 2.06 bits per heavy atom. The van der Waals surface area contributed by atoms with Crippen molar-refractivity contribution >= 4 is 11.7 Å². The van der Waals surface area contributed by atoms with E-state index in [9.17, 15) is 4.79 Å². The molecule has 4 N–H and O–H groups in total. The summed E-state index contributed by atoms with van der Waals surface area (Å²) in [4.78, 5) is 11.8. The Morgan fingerprint density at radius 3 is 2.50 bits per heavy atom. The van der Waals surface area contributed by atoms with Crippen LogP contribution in [0.4, 0.5) is 0 Å². The monoisotopic (exact) mass is 229 g/mol. The quantitative estimate of drug-likeness (QED) is 0.273. The van der Waals surface area contributed by atoms with Crippen molar-refractivity contribution in [3.8, 4) is 0 Å². The summed E-state index contributed by atoms with van der Waals surface area (Å²) in [6, 6.07) is 0. The van der Waals surface area contributed by atoms with Gasteiger partial charge in [0.15, 0.2) is 5.84 Å². The lowest BCUT2D eigenvalue weighted by Crippen LogP contribution is -2.41. The first kappa shape index (κ1) is 12.8. The summed E-state index contributed by atoms with van der Waals surface area (Å²) >= 11 is 0. The number of oxime groups is 1. The standard InChI is InChI=1S/C10H19N3O3/c1-5-6(2)16-7(3)9(5)10(14)12-4-8(11)13-15/h5-7,9,15H,4H2,1-3H3,(H2,11,13)(H,12,14). The molecule has 16 heavy (non-hydrogen) atoms. The number of amidine groups is 1. The summed E-state index contributed by atoms with van der Waals surface area (Å²) in [5, 5.41) is 13.8. The number of ether oxygens (including phenoxy) is 1. The molecule has 6 nitrogen and oxygen atoms in total. The molecule has 1 heterocycles. The van der Waals surface area contributed by atoms with Crippen LogP contribution in [0.25, 0.3) is 0 Å². The predicted octanol–water partition coefficient (Wildman–Crippen LogP) is -0.0915. The van der Waals surface area contributed by atoms with Crippen LogP contribution in [-0.2, 0) is 9.53 Å². The minimum atomic E-state index is -0.179. The van der Waals surface area contributed by atoms with Crippen molar-refractivity contribution in [3.63, 3.8) is 0 Å². The topological polar surface area (TPSA) is 96.9 Å². The van der Waals surface area contributed by atoms with Crippen LogP contribution in [-0.4, -0.2) is 35.7 Å². The van der Waals surface area contributed by atoms with Crippen molar-refractivity contribution in [2.75, 3.05) is 6.54 Å². The van der Waals surface area contributed by atoms with Crippen LogP contribution in [0.3, 0.4) is 0 Å². The third-order valence-electron chi connectivity index (χ3n) is 3.12. The van der Waals surface area contributed by atoms with E-state index in [2.05, 4.69) is 10.5 Å². The number of hydrogen-bond donors (Lipinski definition) is 3. The van der Waals surface area contributed by atoms with E-state index in [4.69, 9.17) is 15.7 Å². The van der Waals surface area contributed by atoms with Gasteiger partial charge in [-0.05, 0) is 19.8 Å². The van der Waals surface area contributed by atoms with Crippen LogP contribution >= 0.6 is 0 Å². The molecule has 0 radical (unpaired) electrons. The van der Waals surface area contributed by atoms with Gasteiger partial charge in [-0.15, -0.1) is 0 Å². The van der Waals surface area contributed by atoms with Crippen molar-refractivity contribution in [2.45, 2.75) is 33.0 Å². The Kier molecular flexibility index (Phi) is 4.12. The molecule has 6 heteroatoms. The van der Waals surface area contributed by atoms with Gasteiger partial charge in [-0.25, -0.2) is 0 Å². The summed E-state index contributed by atoms with van der Waals surface area (Å²) in [5.74, 6) is -0.139. The average Bonchev–Trinajstić information content (AvgIpc) is 2.49. The van der Waals surface area contributed by atoms with Crippen LogP contribution in [0.5, 0.6) is 0 Å². The number of carbonyl (C=O) groups is 1. The zero-order valence-corrected chi connectivity index (χ0v) is 9.80. The molecule has 1 aliphatic heterocycles. The van der Waals surface area contributed by atoms with Crippen molar-refractivity contribution < 1.29 is 14.7 Å². The Morgan fingerprint density at radius 1 is 1.44 bits per heavy atom. The second-order valence-corrected chi connectivity index (χ2v) is 4.24. The van der Waals surface area contributed by atoms with E-state index in [1.54, 1.807) is 0 Å². The van der Waals surface area contributed by atoms with Gasteiger partial charge < -0.3 is 21.0 Å². The first-order valence-electron chi connectivity index (χ1n) is 5.37. The second kappa shape index (κ2) is 5.16. The van der Waals surface area contributed by atoms with E-state index in [1.807, 2.05) is 20.8 Å². The second-order valence-electron chi connectivity index (χ2n) is 4.24. The Bertz CT molecular complexity index is 293. The molecular formula is C10H19N3O3. The van der Waals surface area contributed by atoms with E-state index in [-0.39, 0.29) is 42.3 Å². The van der Waals surface area contributed by atoms with Crippen LogP contribution in [0.1, 0.15) is 20.8 Å². The minimum Gasteiger partial charge on any atom is -0.409 e. The molecule has 92 valence electrons. The lowest BCUT2D eigenvalue weighted by molar-refractivity contribution is -0.126. The normalized spacial score (nSPS) is 35.1. The maximum absolute atomic E-state index is 11.8. The smallest absolute Gasteiger partial charge is 0.226 e. The van der Waals surface area contributed by atoms with Gasteiger partial charge in [0, 0.05) is 0 Å². The Balaban J connectivity index is 2.54. The number of nitrogens with zero attached hydrogens (tertiary/aromatic N) is 1. The van der Waals surface area contributed by atoms with Gasteiger partial charge >= 0.3 is 0 Å². The molecule has 0 aromatic rings. The van der Waals surface area contributed by atoms with Crippen molar-refractivity contribution in [1.82, 2.24) is 5.32 Å². The lowest BCUT2D eigenvalue weighted by atomic mass is 9.89. The van der Waals surface area contributed by atoms with Gasteiger partial charge in [0.05, 0.1) is 24.7 Å². The molecule has 0 aliphatic carbocycles. The number of hydrogen-bond acceptors (Lipinski definition) is 4. The number of rotatable bonds is 3. The van der Waals surface area contributed by atoms with Crippen LogP contribution < -0.4 is 11.1 Å². The van der Waals surface area contributed by atoms with Gasteiger partial charge in [-0.2, -0.15) is 0 Å². The highest BCUT2D eigenvalue weighted by molar-refractivity contribution is 5.88. The molecule has 0 spiro atoms. The van der Waals surface area contributed by atoms with E-state index in [1.165, 1.54) is 0 Å². The largest absolute Gasteiger partial charge is 0.409 e. The fourth-order valence-corrected chi connectivity index (χ4v) is 2.05. The molecule has 4 atom stereocenters. The van der Waals surface area contributed by atoms with Gasteiger partial charge in [0.2, 0.25) is 5.91 Å². The highest BCUT2D eigenvalue weighted by Gasteiger charge is 2.41. The highest BCUT2D eigenvalue weighted by atomic mass is 16.5. The predicted molar refractivity (Wildman–Crippen MR) is 59.1 cm³/mol. The van der Waals surface area contributed by atoms with E-state index in [0.29, 0.717) is 0 Å². The first-order chi connectivity index (χ1) is 7.47. The summed E-state index contributed by atoms with van der Waals surface area (Å²) in [6.07, 6.45) is -0.0214. The molecule has 0 bridgehead atoms. The van der Waals surface area contributed by atoms with Gasteiger partial charge in [-0.1, -0.05) is 12.1 Å². The van der Waals surface area contributed by atoms with Crippen molar-refractivity contribution in [2.24, 2.45) is 22.7 Å². The van der Waals surface area contributed by atoms with E-state index >= 15 is 0 Å². The molecule has 1 rings (SSSR count). The maximum Gasteiger partial charge on any atom is 0.226 e. The van der Waals surface area contributed by atoms with Crippen LogP contribution in [0.2, 0.25) is 0 Å². The third-order valence-corrected chi connectivity index (χ3v) is 3.12. The molecule has 4 unspecified atom stereocenters. The number of carbonyl (C=O) groups excluding carboxylic acids is 1. The molecule has 0 saturated carbocycles. The summed E-state index contributed by atoms with van der Waals surface area (Å²) in [6.45, 7) is 5.88. The van der Waals surface area contributed by atoms with Crippen molar-refractivity contribution in [3.05, 3.63) is 0 Å². The van der Waals surface area contributed by atoms with E-state index < -0.39 is 0 Å². The minimum absolute atomic E-state index is 0.0133. The lowest BCUT2D eigenvalue weighted by Gasteiger charge is -2.17. The molecule has 0 aromatic carbocycles. The van der Waals surface area contributed by atoms with E-state index in [0.717, 1.165) is 0 Å². The number of nitrogens with two attached hydrogens (primary N) is 1. The van der Waals surface area contributed by atoms with Gasteiger partial charge in [-0.3, -0.25) is 4.79 Å². The summed E-state index contributed by atoms with van der Waals surface area (Å²) in [7, 11) is 0. The maximum atomic E-state index is 11.8. The molecule has 0 aromatic heterocycles. The Hall–Kier alpha value is -1.30. The highest BCUT2D eigenvalue weighted by Crippen LogP contribution is 2.31. The fraction of sp³-hybridized carbons (Fsp3) is 0.800. The SMILES string of the molecule is CC1OC(C)C(C(=O)NCC(N)=NO)C1C. The molecule has 1 aliphatic rings. The third kappa shape index (κ3) is 2.63. The molecule has 1 saturated heterocycles. The summed E-state index contributed by atoms with van der Waals surface area (Å²) < 4.78 is 5.57. The van der Waals surface area contributed by atoms with Crippen molar-refractivity contribution in [1.29, 1.82) is 0 Å². The first-order valence-corrected chi connectivity index (χ1v) is 5.37. The Labute approximate surface area is 94.8 Å². The average molecular weight is 229 g/mol. The van der Waals surface area contributed by atoms with Crippen LogP contribution in [0.15, 0.2) is 5.16 Å². The van der Waals surface area contributed by atoms with Gasteiger partial charge in [0.25, 0.3) is 0 Å². The fourth-order valence-electron chi connectivity index (χ4n) is 2.05. The zero-order valence-electron chi connectivity index (χ0n) is 9.80. The van der Waals surface area contributed by atoms with Crippen LogP contribution in [0, 0.1) is 11.8 Å². The molecular weight excluding hydrogens is 210 g/mol. The zero-order chi connectivity index (χ0) is 12.3.